The van der Waals surface area contributed by atoms with Crippen molar-refractivity contribution in [3.63, 3.8) is 0 Å². The zero-order valence-corrected chi connectivity index (χ0v) is 26.0. The number of nitrogen functional groups attached to an aromatic ring is 2. The number of piperazine rings is 1. The van der Waals surface area contributed by atoms with E-state index in [1.54, 1.807) is 0 Å². The lowest BCUT2D eigenvalue weighted by atomic mass is 9.97. The molecular formula is C33H34N12O2. The smallest absolute Gasteiger partial charge is 0.292 e. The Balaban J connectivity index is 0.905. The Hall–Kier alpha value is -5.18. The highest BCUT2D eigenvalue weighted by atomic mass is 16.6. The van der Waals surface area contributed by atoms with Gasteiger partial charge in [0, 0.05) is 62.8 Å². The Morgan fingerprint density at radius 3 is 2.62 bits per heavy atom. The number of fused-ring (bicyclic) bond motifs is 3. The van der Waals surface area contributed by atoms with Gasteiger partial charge in [-0.05, 0) is 48.4 Å². The monoisotopic (exact) mass is 630 g/mol. The van der Waals surface area contributed by atoms with Crippen LogP contribution in [0.1, 0.15) is 28.4 Å². The Labute approximate surface area is 270 Å². The molecule has 0 radical (unpaired) electrons. The molecule has 2 unspecified atom stereocenters. The fourth-order valence-electron chi connectivity index (χ4n) is 6.83. The Kier molecular flexibility index (Phi) is 6.55. The number of hydrogen-bond acceptors (Lipinski definition) is 13. The number of benzene rings is 2. The second kappa shape index (κ2) is 11.0. The molecule has 4 aromatic heterocycles. The first kappa shape index (κ1) is 28.1. The molecule has 7 heterocycles. The molecule has 238 valence electrons. The van der Waals surface area contributed by atoms with Gasteiger partial charge in [-0.3, -0.25) is 4.90 Å². The molecule has 9 rings (SSSR count). The number of aromatic nitrogens is 7. The van der Waals surface area contributed by atoms with Gasteiger partial charge in [0.1, 0.15) is 35.7 Å². The van der Waals surface area contributed by atoms with Gasteiger partial charge in [0.2, 0.25) is 5.95 Å². The maximum atomic E-state index is 6.36. The van der Waals surface area contributed by atoms with E-state index in [0.29, 0.717) is 40.2 Å². The van der Waals surface area contributed by atoms with Crippen LogP contribution in [0.2, 0.25) is 0 Å². The van der Waals surface area contributed by atoms with E-state index < -0.39 is 0 Å². The summed E-state index contributed by atoms with van der Waals surface area (Å²) in [6.45, 7) is 6.26. The summed E-state index contributed by atoms with van der Waals surface area (Å²) in [5.41, 5.74) is 20.4. The van der Waals surface area contributed by atoms with Crippen LogP contribution in [0.15, 0.2) is 59.5 Å². The Morgan fingerprint density at radius 2 is 1.77 bits per heavy atom. The van der Waals surface area contributed by atoms with Gasteiger partial charge in [0.25, 0.3) is 6.01 Å². The summed E-state index contributed by atoms with van der Waals surface area (Å²) < 4.78 is 13.5. The molecule has 47 heavy (non-hydrogen) atoms. The lowest BCUT2D eigenvalue weighted by Crippen LogP contribution is -2.45. The van der Waals surface area contributed by atoms with E-state index in [9.17, 15) is 0 Å². The quantitative estimate of drug-likeness (QED) is 0.258. The van der Waals surface area contributed by atoms with Crippen LogP contribution in [0.25, 0.3) is 33.4 Å². The molecule has 2 aromatic carbocycles. The highest BCUT2D eigenvalue weighted by molar-refractivity contribution is 5.99. The van der Waals surface area contributed by atoms with Crippen molar-refractivity contribution < 1.29 is 9.15 Å². The summed E-state index contributed by atoms with van der Waals surface area (Å²) >= 11 is 0. The second-order valence-corrected chi connectivity index (χ2v) is 12.6. The van der Waals surface area contributed by atoms with Crippen molar-refractivity contribution in [3.05, 3.63) is 77.4 Å². The second-order valence-electron chi connectivity index (χ2n) is 12.6. The molecule has 0 bridgehead atoms. The van der Waals surface area contributed by atoms with Gasteiger partial charge in [-0.15, -0.1) is 0 Å². The van der Waals surface area contributed by atoms with Crippen LogP contribution in [0, 0.1) is 0 Å². The van der Waals surface area contributed by atoms with Crippen LogP contribution >= 0.6 is 0 Å². The van der Waals surface area contributed by atoms with Gasteiger partial charge >= 0.3 is 0 Å². The van der Waals surface area contributed by atoms with Crippen LogP contribution in [0.4, 0.5) is 17.8 Å². The van der Waals surface area contributed by atoms with Crippen molar-refractivity contribution >= 4 is 39.9 Å². The number of nitrogens with two attached hydrogens (primary N) is 2. The number of epoxide rings is 1. The predicted molar refractivity (Wildman–Crippen MR) is 176 cm³/mol. The third-order valence-electron chi connectivity index (χ3n) is 9.48. The molecule has 0 aliphatic carbocycles. The van der Waals surface area contributed by atoms with Crippen LogP contribution in [-0.2, 0) is 24.2 Å². The number of anilines is 3. The molecule has 3 aliphatic heterocycles. The molecule has 0 saturated carbocycles. The molecular weight excluding hydrogens is 596 g/mol. The van der Waals surface area contributed by atoms with Crippen LogP contribution in [-0.4, -0.2) is 90.5 Å². The lowest BCUT2D eigenvalue weighted by molar-refractivity contribution is 0.160. The number of nitrogens with zero attached hydrogens (tertiary/aromatic N) is 10. The minimum atomic E-state index is 0.0106. The van der Waals surface area contributed by atoms with Gasteiger partial charge in [-0.2, -0.15) is 10.1 Å². The van der Waals surface area contributed by atoms with Gasteiger partial charge < -0.3 is 30.4 Å². The summed E-state index contributed by atoms with van der Waals surface area (Å²) in [5.74, 6) is 1.18. The van der Waals surface area contributed by atoms with Crippen molar-refractivity contribution in [3.8, 4) is 11.3 Å². The maximum Gasteiger partial charge on any atom is 0.292 e. The van der Waals surface area contributed by atoms with Crippen molar-refractivity contribution in [1.29, 1.82) is 0 Å². The molecule has 2 atom stereocenters. The van der Waals surface area contributed by atoms with E-state index in [1.165, 1.54) is 17.5 Å². The van der Waals surface area contributed by atoms with Crippen LogP contribution < -0.4 is 16.4 Å². The van der Waals surface area contributed by atoms with Crippen LogP contribution in [0.3, 0.4) is 0 Å². The SMILES string of the molecule is CN1CCN(c2ncc(C3OC3N3CCc4cc(Cn5nc(-c6ccc7oc(N)nc7c6)c6c(N)ncnc65)ccc4C3)cn2)CC1. The van der Waals surface area contributed by atoms with E-state index in [0.717, 1.165) is 68.3 Å². The number of likely N-dealkylation sites (N-methyl/N-ethyl adjacent to an activating group) is 1. The number of ether oxygens (including phenoxy) is 1. The molecule has 4 N–H and O–H groups in total. The number of oxazole rings is 1. The molecule has 3 aliphatic rings. The first-order chi connectivity index (χ1) is 23.0. The van der Waals surface area contributed by atoms with Crippen molar-refractivity contribution in [1.82, 2.24) is 44.5 Å². The third kappa shape index (κ3) is 5.10. The average molecular weight is 631 g/mol. The van der Waals surface area contributed by atoms with E-state index in [1.807, 2.05) is 35.3 Å². The topological polar surface area (TPSA) is 170 Å². The number of hydrogen-bond donors (Lipinski definition) is 2. The largest absolute Gasteiger partial charge is 0.424 e. The normalized spacial score (nSPS) is 20.2. The fraction of sp³-hybridized carbons (Fsp3) is 0.333. The molecule has 0 spiro atoms. The zero-order valence-electron chi connectivity index (χ0n) is 26.0. The van der Waals surface area contributed by atoms with E-state index in [4.69, 9.17) is 25.7 Å². The predicted octanol–water partition coefficient (Wildman–Crippen LogP) is 2.84. The molecule has 0 amide bonds. The standard InChI is InChI=1S/C33H34N12O2/c1-42-8-10-43(11-9-42)33-36-14-23(15-37-33)28-31(47-28)44-7-6-20-12-19(2-3-22(20)17-44)16-45-30-26(29(34)38-18-39-30)27(41-45)21-4-5-25-24(13-21)40-32(35)46-25/h2-5,12-15,18,28,31H,6-11,16-17H2,1H3,(H2,35,40)(H2,34,38,39). The van der Waals surface area contributed by atoms with Gasteiger partial charge in [0.15, 0.2) is 11.2 Å². The zero-order chi connectivity index (χ0) is 31.6. The molecule has 2 fully saturated rings. The highest BCUT2D eigenvalue weighted by Crippen LogP contribution is 2.42. The maximum absolute atomic E-state index is 6.36. The van der Waals surface area contributed by atoms with E-state index in [2.05, 4.69) is 64.9 Å². The Bertz CT molecular complexity index is 2120. The first-order valence-corrected chi connectivity index (χ1v) is 15.9. The fourth-order valence-corrected chi connectivity index (χ4v) is 6.83. The van der Waals surface area contributed by atoms with Crippen LogP contribution in [0.5, 0.6) is 0 Å². The highest BCUT2D eigenvalue weighted by Gasteiger charge is 2.46. The molecule has 6 aromatic rings. The summed E-state index contributed by atoms with van der Waals surface area (Å²) in [6, 6.07) is 12.4. The van der Waals surface area contributed by atoms with Gasteiger partial charge in [-0.1, -0.05) is 18.2 Å². The van der Waals surface area contributed by atoms with Gasteiger partial charge in [0.05, 0.1) is 11.9 Å². The summed E-state index contributed by atoms with van der Waals surface area (Å²) in [6.07, 6.45) is 6.34. The van der Waals surface area contributed by atoms with Crippen molar-refractivity contribution in [2.24, 2.45) is 0 Å². The summed E-state index contributed by atoms with van der Waals surface area (Å²) in [7, 11) is 2.15. The molecule has 14 heteroatoms. The number of rotatable bonds is 6. The minimum Gasteiger partial charge on any atom is -0.424 e. The van der Waals surface area contributed by atoms with Gasteiger partial charge in [-0.25, -0.2) is 24.6 Å². The molecule has 2 saturated heterocycles. The summed E-state index contributed by atoms with van der Waals surface area (Å²) in [5, 5.41) is 5.67. The first-order valence-electron chi connectivity index (χ1n) is 15.9. The summed E-state index contributed by atoms with van der Waals surface area (Å²) in [4.78, 5) is 29.4. The van der Waals surface area contributed by atoms with E-state index in [-0.39, 0.29) is 18.3 Å². The van der Waals surface area contributed by atoms with E-state index >= 15 is 0 Å². The third-order valence-corrected chi connectivity index (χ3v) is 9.48. The Morgan fingerprint density at radius 1 is 0.915 bits per heavy atom. The molecule has 14 nitrogen and oxygen atoms in total. The van der Waals surface area contributed by atoms with Crippen molar-refractivity contribution in [2.75, 3.05) is 56.1 Å². The minimum absolute atomic E-state index is 0.0106. The average Bonchev–Trinajstić information content (AvgIpc) is 3.67. The van der Waals surface area contributed by atoms with Crippen molar-refractivity contribution in [2.45, 2.75) is 31.8 Å². The lowest BCUT2D eigenvalue weighted by Gasteiger charge is -2.32.